The number of nitrogens with one attached hydrogen (secondary N) is 1. The summed E-state index contributed by atoms with van der Waals surface area (Å²) < 4.78 is 6.40. The Bertz CT molecular complexity index is 1820. The summed E-state index contributed by atoms with van der Waals surface area (Å²) in [6.07, 6.45) is 4.03. The van der Waals surface area contributed by atoms with E-state index >= 15 is 4.79 Å². The zero-order valence-electron chi connectivity index (χ0n) is 23.6. The number of phenols is 1. The first kappa shape index (κ1) is 28.9. The third-order valence-corrected chi connectivity index (χ3v) is 12.1. The van der Waals surface area contributed by atoms with Crippen LogP contribution in [0.5, 0.6) is 11.5 Å². The number of rotatable bonds is 4. The minimum Gasteiger partial charge on any atom is -0.503 e. The molecule has 1 saturated carbocycles. The second-order valence-corrected chi connectivity index (χ2v) is 13.4. The number of benzene rings is 3. The molecule has 3 aliphatic carbocycles. The first-order valence-corrected chi connectivity index (χ1v) is 16.0. The number of aromatic hydroxyl groups is 1. The van der Waals surface area contributed by atoms with E-state index in [4.69, 9.17) is 4.74 Å². The molecule has 222 valence electrons. The van der Waals surface area contributed by atoms with Crippen molar-refractivity contribution in [3.05, 3.63) is 110 Å². The van der Waals surface area contributed by atoms with E-state index in [0.717, 1.165) is 5.57 Å². The molecule has 7 rings (SSSR count). The van der Waals surface area contributed by atoms with Crippen molar-refractivity contribution < 1.29 is 29.0 Å². The van der Waals surface area contributed by atoms with Crippen LogP contribution in [0.3, 0.4) is 0 Å². The highest BCUT2D eigenvalue weighted by Crippen LogP contribution is 2.64. The van der Waals surface area contributed by atoms with Crippen LogP contribution < -0.4 is 10.1 Å². The van der Waals surface area contributed by atoms with E-state index in [1.807, 2.05) is 66.7 Å². The Labute approximate surface area is 270 Å². The van der Waals surface area contributed by atoms with Crippen LogP contribution in [0.2, 0.25) is 0 Å². The van der Waals surface area contributed by atoms with E-state index in [2.05, 4.69) is 37.2 Å². The number of allylic oxidation sites excluding steroid dienone is 4. The number of halogens is 2. The monoisotopic (exact) mass is 715 g/mol. The molecule has 3 aromatic rings. The van der Waals surface area contributed by atoms with Crippen LogP contribution in [0.25, 0.3) is 5.57 Å². The molecule has 1 saturated heterocycles. The fourth-order valence-electron chi connectivity index (χ4n) is 8.11. The zero-order valence-corrected chi connectivity index (χ0v) is 26.7. The van der Waals surface area contributed by atoms with Crippen molar-refractivity contribution in [2.24, 2.45) is 23.7 Å². The van der Waals surface area contributed by atoms with Gasteiger partial charge in [0.15, 0.2) is 23.1 Å². The molecule has 44 heavy (non-hydrogen) atoms. The molecule has 0 radical (unpaired) electrons. The average molecular weight is 717 g/mol. The zero-order chi connectivity index (χ0) is 30.9. The molecule has 0 bridgehead atoms. The summed E-state index contributed by atoms with van der Waals surface area (Å²) >= 11 is 7.19. The summed E-state index contributed by atoms with van der Waals surface area (Å²) in [6.45, 7) is 0. The molecule has 6 atom stereocenters. The van der Waals surface area contributed by atoms with Crippen LogP contribution in [0.4, 0.5) is 0 Å². The number of carbonyl (C=O) groups excluding carboxylic acids is 4. The quantitative estimate of drug-likeness (QED) is 0.252. The maximum Gasteiger partial charge on any atom is 0.231 e. The molecule has 0 unspecified atom stereocenters. The van der Waals surface area contributed by atoms with Crippen molar-refractivity contribution >= 4 is 60.8 Å². The molecule has 1 aliphatic heterocycles. The van der Waals surface area contributed by atoms with Gasteiger partial charge in [-0.2, -0.15) is 0 Å². The number of fused-ring (bicyclic) bond motifs is 4. The Hall–Kier alpha value is -3.82. The minimum atomic E-state index is -1.38. The van der Waals surface area contributed by atoms with Crippen LogP contribution in [0.15, 0.2) is 93.4 Å². The highest BCUT2D eigenvalue weighted by atomic mass is 79.9. The predicted molar refractivity (Wildman–Crippen MR) is 170 cm³/mol. The lowest BCUT2D eigenvalue weighted by Gasteiger charge is -2.55. The molecule has 0 spiro atoms. The summed E-state index contributed by atoms with van der Waals surface area (Å²) in [6, 6.07) is 20.2. The molecular formula is C35H27Br2NO6. The maximum atomic E-state index is 15.0. The summed E-state index contributed by atoms with van der Waals surface area (Å²) in [5, 5.41) is 13.4. The smallest absolute Gasteiger partial charge is 0.231 e. The molecular weight excluding hydrogens is 690 g/mol. The van der Waals surface area contributed by atoms with Gasteiger partial charge in [-0.05, 0) is 79.5 Å². The largest absolute Gasteiger partial charge is 0.503 e. The highest BCUT2D eigenvalue weighted by molar-refractivity contribution is 9.13. The number of carbonyl (C=O) groups is 4. The second-order valence-electron chi connectivity index (χ2n) is 11.8. The first-order valence-electron chi connectivity index (χ1n) is 14.4. The number of hydrogen-bond acceptors (Lipinski definition) is 6. The van der Waals surface area contributed by atoms with E-state index in [1.165, 1.54) is 13.2 Å². The van der Waals surface area contributed by atoms with Gasteiger partial charge in [0, 0.05) is 21.9 Å². The van der Waals surface area contributed by atoms with Crippen LogP contribution in [-0.4, -0.2) is 35.6 Å². The molecule has 2 amide bonds. The Kier molecular flexibility index (Phi) is 7.01. The van der Waals surface area contributed by atoms with Gasteiger partial charge in [0.25, 0.3) is 0 Å². The van der Waals surface area contributed by atoms with Crippen LogP contribution in [-0.2, 0) is 24.6 Å². The van der Waals surface area contributed by atoms with Gasteiger partial charge in [-0.1, -0.05) is 72.3 Å². The number of methoxy groups -OCH3 is 1. The fraction of sp³-hybridized carbons (Fsp3) is 0.257. The summed E-state index contributed by atoms with van der Waals surface area (Å²) in [7, 11) is 1.45. The SMILES string of the molecule is COc1cc([C@H]2C3=CC[C@@H]4C(=O)NC(=O)[C@@H]4[C@@H]3C[C@H]3C(=O)C(c4ccccc4)=CC(=O)[C@@]23c2ccccc2)c(Br)c(Br)c1O. The second kappa shape index (κ2) is 10.7. The van der Waals surface area contributed by atoms with E-state index in [9.17, 15) is 19.5 Å². The lowest BCUT2D eigenvalue weighted by Crippen LogP contribution is -2.58. The average Bonchev–Trinajstić information content (AvgIpc) is 3.34. The topological polar surface area (TPSA) is 110 Å². The number of imide groups is 1. The number of ketones is 2. The fourth-order valence-corrected chi connectivity index (χ4v) is 9.06. The van der Waals surface area contributed by atoms with E-state index in [-0.39, 0.29) is 41.3 Å². The van der Waals surface area contributed by atoms with Crippen LogP contribution in [0, 0.1) is 23.7 Å². The van der Waals surface area contributed by atoms with E-state index in [0.29, 0.717) is 37.6 Å². The molecule has 0 aromatic heterocycles. The Morgan fingerprint density at radius 2 is 1.59 bits per heavy atom. The summed E-state index contributed by atoms with van der Waals surface area (Å²) in [5.74, 6) is -4.23. The Morgan fingerprint density at radius 3 is 2.27 bits per heavy atom. The summed E-state index contributed by atoms with van der Waals surface area (Å²) in [5.41, 5.74) is 1.73. The van der Waals surface area contributed by atoms with Gasteiger partial charge in [0.05, 0.1) is 28.8 Å². The molecule has 4 aliphatic rings. The van der Waals surface area contributed by atoms with Crippen molar-refractivity contribution in [1.82, 2.24) is 5.32 Å². The first-order chi connectivity index (χ1) is 21.2. The predicted octanol–water partition coefficient (Wildman–Crippen LogP) is 6.04. The number of amides is 2. The standard InChI is InChI=1S/C35H27Br2NO6/c1-44-25-15-23(29(36)30(37)32(25)41)28-19-12-13-20-27(34(43)38-33(20)42)22(19)14-24-31(40)21(17-8-4-2-5-9-17)16-26(39)35(24,28)18-10-6-3-7-11-18/h2-12,15-16,20,22,24,27-28,41H,13-14H2,1H3,(H,38,42,43)/t20-,22+,24-,27-,28+,35-/m0/s1. The van der Waals surface area contributed by atoms with Crippen LogP contribution in [0.1, 0.15) is 35.4 Å². The lowest BCUT2D eigenvalue weighted by molar-refractivity contribution is -0.135. The molecule has 2 fully saturated rings. The van der Waals surface area contributed by atoms with Gasteiger partial charge in [0.2, 0.25) is 11.8 Å². The number of ether oxygens (including phenoxy) is 1. The molecule has 3 aromatic carbocycles. The highest BCUT2D eigenvalue weighted by Gasteiger charge is 2.65. The van der Waals surface area contributed by atoms with Crippen molar-refractivity contribution in [3.8, 4) is 11.5 Å². The van der Waals surface area contributed by atoms with Crippen molar-refractivity contribution in [3.63, 3.8) is 0 Å². The maximum absolute atomic E-state index is 15.0. The van der Waals surface area contributed by atoms with Gasteiger partial charge in [0.1, 0.15) is 0 Å². The van der Waals surface area contributed by atoms with Gasteiger partial charge in [-0.3, -0.25) is 24.5 Å². The van der Waals surface area contributed by atoms with Gasteiger partial charge in [-0.25, -0.2) is 0 Å². The van der Waals surface area contributed by atoms with E-state index in [1.54, 1.807) is 6.07 Å². The lowest BCUT2D eigenvalue weighted by atomic mass is 9.44. The van der Waals surface area contributed by atoms with Gasteiger partial charge >= 0.3 is 0 Å². The normalized spacial score (nSPS) is 29.2. The molecule has 9 heteroatoms. The van der Waals surface area contributed by atoms with Crippen LogP contribution >= 0.6 is 31.9 Å². The Morgan fingerprint density at radius 1 is 0.909 bits per heavy atom. The molecule has 1 heterocycles. The van der Waals surface area contributed by atoms with Crippen molar-refractivity contribution in [2.75, 3.05) is 7.11 Å². The van der Waals surface area contributed by atoms with Gasteiger partial charge < -0.3 is 9.84 Å². The molecule has 7 nitrogen and oxygen atoms in total. The third-order valence-electron chi connectivity index (χ3n) is 9.92. The van der Waals surface area contributed by atoms with Crippen molar-refractivity contribution in [1.29, 1.82) is 0 Å². The summed E-state index contributed by atoms with van der Waals surface area (Å²) in [4.78, 5) is 56.0. The number of phenolic OH excluding ortho intramolecular Hbond substituents is 1. The third kappa shape index (κ3) is 3.98. The Balaban J connectivity index is 1.57. The van der Waals surface area contributed by atoms with Gasteiger partial charge in [-0.15, -0.1) is 0 Å². The molecule has 2 N–H and O–H groups in total. The minimum absolute atomic E-state index is 0.114. The number of hydrogen-bond donors (Lipinski definition) is 2. The number of Topliss-reactive ketones (excluding diaryl/α,β-unsaturated/α-hetero) is 1. The van der Waals surface area contributed by atoms with Crippen molar-refractivity contribution in [2.45, 2.75) is 24.2 Å². The van der Waals surface area contributed by atoms with E-state index < -0.39 is 35.0 Å².